The Balaban J connectivity index is 2.69. The number of hydrogen-bond acceptors (Lipinski definition) is 6. The molecule has 0 heterocycles. The number of carbonyl (C=O) groups excluding carboxylic acids is 1. The predicted octanol–water partition coefficient (Wildman–Crippen LogP) is 0.906. The topological polar surface area (TPSA) is 108 Å². The highest BCUT2D eigenvalue weighted by Crippen LogP contribution is 2.09. The number of amidine groups is 1. The summed E-state index contributed by atoms with van der Waals surface area (Å²) >= 11 is 0. The molecule has 1 aromatic carbocycles. The zero-order valence-corrected chi connectivity index (χ0v) is 11.1. The fourth-order valence-corrected chi connectivity index (χ4v) is 2.35. The molecule has 0 aliphatic heterocycles. The van der Waals surface area contributed by atoms with Crippen LogP contribution in [0.1, 0.15) is 6.92 Å². The highest BCUT2D eigenvalue weighted by Gasteiger charge is 2.16. The molecule has 0 aromatic heterocycles. The monoisotopic (exact) mass is 286 g/mol. The van der Waals surface area contributed by atoms with Gasteiger partial charge in [-0.05, 0) is 19.1 Å². The molecule has 1 aromatic rings. The predicted molar refractivity (Wildman–Crippen MR) is 68.2 cm³/mol. The van der Waals surface area contributed by atoms with Crippen molar-refractivity contribution < 1.29 is 22.8 Å². The maximum absolute atomic E-state index is 11.9. The highest BCUT2D eigenvalue weighted by molar-refractivity contribution is 7.92. The third kappa shape index (κ3) is 4.96. The molecule has 0 saturated heterocycles. The zero-order chi connectivity index (χ0) is 14.3. The molecule has 0 aliphatic carbocycles. The summed E-state index contributed by atoms with van der Waals surface area (Å²) in [5.74, 6) is -0.881. The van der Waals surface area contributed by atoms with E-state index in [9.17, 15) is 13.2 Å². The van der Waals surface area contributed by atoms with Crippen molar-refractivity contribution in [3.8, 4) is 0 Å². The standard InChI is InChI=1S/C11H14N2O5S/c1-2-17-11(14)18-13-10(12)8-19(15,16)9-6-4-3-5-7-9/h3-7H,2,8H2,1H3,(H2,12,13). The smallest absolute Gasteiger partial charge is 0.433 e. The van der Waals surface area contributed by atoms with Gasteiger partial charge in [-0.15, -0.1) is 0 Å². The summed E-state index contributed by atoms with van der Waals surface area (Å²) in [5, 5.41) is 3.19. The van der Waals surface area contributed by atoms with Crippen molar-refractivity contribution in [2.45, 2.75) is 11.8 Å². The van der Waals surface area contributed by atoms with Crippen molar-refractivity contribution in [1.82, 2.24) is 0 Å². The van der Waals surface area contributed by atoms with Gasteiger partial charge in [0.1, 0.15) is 5.75 Å². The van der Waals surface area contributed by atoms with Crippen LogP contribution in [-0.4, -0.2) is 32.8 Å². The van der Waals surface area contributed by atoms with Gasteiger partial charge in [0.05, 0.1) is 11.5 Å². The third-order valence-corrected chi connectivity index (χ3v) is 3.61. The van der Waals surface area contributed by atoms with Gasteiger partial charge >= 0.3 is 6.16 Å². The number of oxime groups is 1. The fraction of sp³-hybridized carbons (Fsp3) is 0.273. The second-order valence-corrected chi connectivity index (χ2v) is 5.42. The largest absolute Gasteiger partial charge is 0.535 e. The molecular formula is C11H14N2O5S. The SMILES string of the molecule is CCOC(=O)O/N=C(/N)CS(=O)(=O)c1ccccc1. The number of ether oxygens (including phenoxy) is 1. The molecule has 0 radical (unpaired) electrons. The van der Waals surface area contributed by atoms with E-state index in [0.29, 0.717) is 0 Å². The van der Waals surface area contributed by atoms with Gasteiger partial charge in [0.2, 0.25) is 0 Å². The first-order chi connectivity index (χ1) is 8.95. The molecule has 19 heavy (non-hydrogen) atoms. The van der Waals surface area contributed by atoms with Gasteiger partial charge in [-0.25, -0.2) is 13.2 Å². The van der Waals surface area contributed by atoms with Crippen molar-refractivity contribution in [1.29, 1.82) is 0 Å². The lowest BCUT2D eigenvalue weighted by Gasteiger charge is -2.03. The van der Waals surface area contributed by atoms with Crippen molar-refractivity contribution in [3.63, 3.8) is 0 Å². The van der Waals surface area contributed by atoms with Crippen LogP contribution in [0.5, 0.6) is 0 Å². The van der Waals surface area contributed by atoms with E-state index >= 15 is 0 Å². The molecule has 0 fully saturated rings. The van der Waals surface area contributed by atoms with Crippen LogP contribution in [0.4, 0.5) is 4.79 Å². The molecule has 0 aliphatic rings. The van der Waals surface area contributed by atoms with E-state index < -0.39 is 21.7 Å². The van der Waals surface area contributed by atoms with E-state index in [1.807, 2.05) is 0 Å². The average Bonchev–Trinajstić information content (AvgIpc) is 2.37. The molecule has 104 valence electrons. The van der Waals surface area contributed by atoms with E-state index in [4.69, 9.17) is 5.73 Å². The lowest BCUT2D eigenvalue weighted by Crippen LogP contribution is -2.24. The van der Waals surface area contributed by atoms with Gasteiger partial charge < -0.3 is 10.5 Å². The van der Waals surface area contributed by atoms with Crippen LogP contribution in [0.15, 0.2) is 40.4 Å². The van der Waals surface area contributed by atoms with Gasteiger partial charge in [-0.2, -0.15) is 0 Å². The van der Waals surface area contributed by atoms with E-state index in [2.05, 4.69) is 14.7 Å². The summed E-state index contributed by atoms with van der Waals surface area (Å²) in [6.07, 6.45) is -1.04. The van der Waals surface area contributed by atoms with Gasteiger partial charge in [-0.1, -0.05) is 23.4 Å². The van der Waals surface area contributed by atoms with Crippen LogP contribution in [0, 0.1) is 0 Å². The molecule has 1 rings (SSSR count). The Labute approximate surface area is 110 Å². The molecule has 0 amide bonds. The molecule has 0 bridgehead atoms. The number of benzene rings is 1. The first-order valence-corrected chi connectivity index (χ1v) is 7.05. The van der Waals surface area contributed by atoms with Crippen LogP contribution in [0.3, 0.4) is 0 Å². The number of hydrogen-bond donors (Lipinski definition) is 1. The number of carbonyl (C=O) groups is 1. The lowest BCUT2D eigenvalue weighted by atomic mass is 10.4. The van der Waals surface area contributed by atoms with Crippen molar-refractivity contribution in [2.24, 2.45) is 10.9 Å². The number of nitrogens with zero attached hydrogens (tertiary/aromatic N) is 1. The van der Waals surface area contributed by atoms with E-state index in [0.717, 1.165) is 0 Å². The zero-order valence-electron chi connectivity index (χ0n) is 10.3. The third-order valence-electron chi connectivity index (χ3n) is 1.94. The average molecular weight is 286 g/mol. The summed E-state index contributed by atoms with van der Waals surface area (Å²) in [4.78, 5) is 15.2. The van der Waals surface area contributed by atoms with Crippen LogP contribution in [-0.2, 0) is 19.4 Å². The summed E-state index contributed by atoms with van der Waals surface area (Å²) < 4.78 is 28.2. The fourth-order valence-electron chi connectivity index (χ4n) is 1.17. The summed E-state index contributed by atoms with van der Waals surface area (Å²) in [7, 11) is -3.61. The van der Waals surface area contributed by atoms with E-state index in [1.165, 1.54) is 12.1 Å². The van der Waals surface area contributed by atoms with Crippen LogP contribution in [0.2, 0.25) is 0 Å². The Bertz CT molecular complexity index is 554. The maximum Gasteiger partial charge on any atom is 0.535 e. The molecule has 0 atom stereocenters. The van der Waals surface area contributed by atoms with Crippen molar-refractivity contribution >= 4 is 21.8 Å². The summed E-state index contributed by atoms with van der Waals surface area (Å²) in [5.41, 5.74) is 5.38. The normalized spacial score (nSPS) is 11.9. The van der Waals surface area contributed by atoms with Crippen molar-refractivity contribution in [3.05, 3.63) is 30.3 Å². The Morgan fingerprint density at radius 2 is 1.95 bits per heavy atom. The molecule has 0 spiro atoms. The van der Waals surface area contributed by atoms with Gasteiger partial charge in [0, 0.05) is 0 Å². The number of rotatable bonds is 5. The first kappa shape index (κ1) is 15.0. The number of sulfone groups is 1. The number of nitrogens with two attached hydrogens (primary N) is 1. The second-order valence-electron chi connectivity index (χ2n) is 3.43. The quantitative estimate of drug-likeness (QED) is 0.283. The van der Waals surface area contributed by atoms with Gasteiger partial charge in [0.25, 0.3) is 0 Å². The maximum atomic E-state index is 11.9. The Hall–Kier alpha value is -2.09. The highest BCUT2D eigenvalue weighted by atomic mass is 32.2. The second kappa shape index (κ2) is 6.74. The van der Waals surface area contributed by atoms with E-state index in [-0.39, 0.29) is 17.3 Å². The minimum absolute atomic E-state index is 0.115. The summed E-state index contributed by atoms with van der Waals surface area (Å²) in [6.45, 7) is 1.71. The Kier molecular flexibility index (Phi) is 5.31. The van der Waals surface area contributed by atoms with Crippen LogP contribution < -0.4 is 5.73 Å². The molecule has 0 saturated carbocycles. The van der Waals surface area contributed by atoms with Crippen LogP contribution >= 0.6 is 0 Å². The molecule has 0 unspecified atom stereocenters. The lowest BCUT2D eigenvalue weighted by molar-refractivity contribution is 0.0611. The Morgan fingerprint density at radius 3 is 2.53 bits per heavy atom. The van der Waals surface area contributed by atoms with Crippen LogP contribution in [0.25, 0.3) is 0 Å². The molecular weight excluding hydrogens is 272 g/mol. The summed E-state index contributed by atoms with van der Waals surface area (Å²) in [6, 6.07) is 7.76. The first-order valence-electron chi connectivity index (χ1n) is 5.39. The minimum atomic E-state index is -3.61. The molecule has 7 nitrogen and oxygen atoms in total. The van der Waals surface area contributed by atoms with Crippen molar-refractivity contribution in [2.75, 3.05) is 12.4 Å². The molecule has 2 N–H and O–H groups in total. The van der Waals surface area contributed by atoms with Gasteiger partial charge in [-0.3, -0.25) is 4.84 Å². The minimum Gasteiger partial charge on any atom is -0.433 e. The van der Waals surface area contributed by atoms with Gasteiger partial charge in [0.15, 0.2) is 15.7 Å². The molecule has 8 heteroatoms. The van der Waals surface area contributed by atoms with E-state index in [1.54, 1.807) is 25.1 Å². The Morgan fingerprint density at radius 1 is 1.32 bits per heavy atom.